The van der Waals surface area contributed by atoms with Gasteiger partial charge in [0.15, 0.2) is 5.84 Å². The molecule has 0 bridgehead atoms. The van der Waals surface area contributed by atoms with Crippen LogP contribution in [0.25, 0.3) is 0 Å². The average Bonchev–Trinajstić information content (AvgIpc) is 2.57. The first-order chi connectivity index (χ1) is 11.5. The van der Waals surface area contributed by atoms with E-state index in [9.17, 15) is 4.79 Å². The summed E-state index contributed by atoms with van der Waals surface area (Å²) in [6.45, 7) is 0. The van der Waals surface area contributed by atoms with Crippen molar-refractivity contribution in [3.05, 3.63) is 40.5 Å². The predicted octanol–water partition coefficient (Wildman–Crippen LogP) is -0.101. The highest BCUT2D eigenvalue weighted by Gasteiger charge is 2.12. The van der Waals surface area contributed by atoms with Crippen LogP contribution in [-0.2, 0) is 0 Å². The van der Waals surface area contributed by atoms with Crippen molar-refractivity contribution < 1.29 is 4.79 Å². The molecule has 0 aliphatic rings. The minimum Gasteiger partial charge on any atom is -0.383 e. The number of nitrogens with two attached hydrogens (primary N) is 3. The molecule has 1 aromatic heterocycles. The zero-order valence-electron chi connectivity index (χ0n) is 12.7. The lowest BCUT2D eigenvalue weighted by Gasteiger charge is -2.10. The van der Waals surface area contributed by atoms with E-state index < -0.39 is 0 Å². The van der Waals surface area contributed by atoms with E-state index in [1.165, 1.54) is 13.2 Å². The fourth-order valence-corrected chi connectivity index (χ4v) is 2.13. The molecule has 0 spiro atoms. The minimum absolute atomic E-state index is 0.128. The SMILES string of the molecule is CNC(=O)c1ccc(Nc2ncc(C(=NN)NN)c(N)n2)cc1Cl. The van der Waals surface area contributed by atoms with E-state index in [1.54, 1.807) is 18.2 Å². The van der Waals surface area contributed by atoms with Crippen LogP contribution >= 0.6 is 11.6 Å². The summed E-state index contributed by atoms with van der Waals surface area (Å²) >= 11 is 6.09. The maximum Gasteiger partial charge on any atom is 0.252 e. The Balaban J connectivity index is 2.24. The van der Waals surface area contributed by atoms with Crippen LogP contribution in [0.15, 0.2) is 29.5 Å². The molecule has 1 amide bonds. The van der Waals surface area contributed by atoms with Crippen molar-refractivity contribution in [2.45, 2.75) is 0 Å². The van der Waals surface area contributed by atoms with Crippen molar-refractivity contribution in [2.75, 3.05) is 18.1 Å². The first kappa shape index (κ1) is 17.2. The summed E-state index contributed by atoms with van der Waals surface area (Å²) in [5.74, 6) is 10.7. The van der Waals surface area contributed by atoms with Crippen LogP contribution in [0.3, 0.4) is 0 Å². The Morgan fingerprint density at radius 2 is 2.08 bits per heavy atom. The normalized spacial score (nSPS) is 11.0. The molecule has 2 rings (SSSR count). The number of carbonyl (C=O) groups excluding carboxylic acids is 1. The Kier molecular flexibility index (Phi) is 5.35. The Hall–Kier alpha value is -3.11. The van der Waals surface area contributed by atoms with Crippen LogP contribution in [0.5, 0.6) is 0 Å². The van der Waals surface area contributed by atoms with Crippen LogP contribution < -0.4 is 33.5 Å². The lowest BCUT2D eigenvalue weighted by molar-refractivity contribution is 0.0963. The average molecular weight is 350 g/mol. The summed E-state index contributed by atoms with van der Waals surface area (Å²) < 4.78 is 0. The highest BCUT2D eigenvalue weighted by Crippen LogP contribution is 2.23. The molecular weight excluding hydrogens is 334 g/mol. The number of halogens is 1. The number of nitrogens with zero attached hydrogens (tertiary/aromatic N) is 3. The largest absolute Gasteiger partial charge is 0.383 e. The second-order valence-electron chi connectivity index (χ2n) is 4.51. The van der Waals surface area contributed by atoms with Gasteiger partial charge < -0.3 is 27.6 Å². The third kappa shape index (κ3) is 3.62. The molecule has 126 valence electrons. The number of nitrogen functional groups attached to an aromatic ring is 1. The molecular formula is C13H16ClN9O. The first-order valence-electron chi connectivity index (χ1n) is 6.66. The molecule has 11 heteroatoms. The number of carbonyl (C=O) groups is 1. The quantitative estimate of drug-likeness (QED) is 0.192. The number of amidine groups is 1. The number of hydrazine groups is 1. The molecule has 0 aliphatic carbocycles. The first-order valence-corrected chi connectivity index (χ1v) is 7.04. The summed E-state index contributed by atoms with van der Waals surface area (Å²) in [5.41, 5.74) is 9.44. The molecule has 10 nitrogen and oxygen atoms in total. The van der Waals surface area contributed by atoms with Crippen molar-refractivity contribution in [3.63, 3.8) is 0 Å². The van der Waals surface area contributed by atoms with Crippen molar-refractivity contribution >= 4 is 40.8 Å². The molecule has 9 N–H and O–H groups in total. The van der Waals surface area contributed by atoms with Gasteiger partial charge in [-0.1, -0.05) is 11.6 Å². The number of hydrogen-bond acceptors (Lipinski definition) is 8. The van der Waals surface area contributed by atoms with Crippen LogP contribution in [0.4, 0.5) is 17.5 Å². The number of anilines is 3. The Morgan fingerprint density at radius 1 is 1.33 bits per heavy atom. The fraction of sp³-hybridized carbons (Fsp3) is 0.0769. The van der Waals surface area contributed by atoms with Gasteiger partial charge in [-0.15, -0.1) is 0 Å². The topological polar surface area (TPSA) is 169 Å². The standard InChI is InChI=1S/C13H16ClN9O/c1-18-12(24)7-3-2-6(4-9(7)14)20-13-19-5-8(10(15)21-13)11(22-16)23-17/h2-5H,16-17H2,1H3,(H,18,24)(H,22,23)(H3,15,19,20,21). The number of aromatic nitrogens is 2. The molecule has 0 saturated carbocycles. The second-order valence-corrected chi connectivity index (χ2v) is 4.92. The van der Waals surface area contributed by atoms with Crippen molar-refractivity contribution in [1.29, 1.82) is 0 Å². The molecule has 0 aliphatic heterocycles. The van der Waals surface area contributed by atoms with Gasteiger partial charge in [-0.3, -0.25) is 4.79 Å². The second kappa shape index (κ2) is 7.44. The molecule has 2 aromatic rings. The van der Waals surface area contributed by atoms with E-state index in [1.807, 2.05) is 0 Å². The zero-order chi connectivity index (χ0) is 17.7. The van der Waals surface area contributed by atoms with Crippen LogP contribution in [-0.4, -0.2) is 28.8 Å². The van der Waals surface area contributed by atoms with Gasteiger partial charge in [0, 0.05) is 18.9 Å². The Morgan fingerprint density at radius 3 is 2.62 bits per heavy atom. The summed E-state index contributed by atoms with van der Waals surface area (Å²) in [6.07, 6.45) is 1.41. The number of amides is 1. The van der Waals surface area contributed by atoms with E-state index in [0.717, 1.165) is 0 Å². The van der Waals surface area contributed by atoms with Gasteiger partial charge in [0.1, 0.15) is 5.82 Å². The molecule has 1 heterocycles. The van der Waals surface area contributed by atoms with Crippen LogP contribution in [0, 0.1) is 0 Å². The third-order valence-electron chi connectivity index (χ3n) is 3.04. The smallest absolute Gasteiger partial charge is 0.252 e. The molecule has 1 aromatic carbocycles. The van der Waals surface area contributed by atoms with E-state index in [0.29, 0.717) is 16.8 Å². The fourth-order valence-electron chi connectivity index (χ4n) is 1.86. The maximum absolute atomic E-state index is 11.6. The monoisotopic (exact) mass is 349 g/mol. The number of hydrogen-bond donors (Lipinski definition) is 6. The Labute approximate surface area is 142 Å². The number of rotatable bonds is 4. The number of hydrazone groups is 1. The molecule has 24 heavy (non-hydrogen) atoms. The lowest BCUT2D eigenvalue weighted by Crippen LogP contribution is -2.33. The summed E-state index contributed by atoms with van der Waals surface area (Å²) in [6, 6.07) is 4.82. The number of nitrogens with one attached hydrogen (secondary N) is 3. The van der Waals surface area contributed by atoms with Crippen molar-refractivity contribution in [2.24, 2.45) is 16.8 Å². The van der Waals surface area contributed by atoms with Gasteiger partial charge in [0.05, 0.1) is 16.1 Å². The maximum atomic E-state index is 11.6. The summed E-state index contributed by atoms with van der Waals surface area (Å²) in [7, 11) is 1.53. The third-order valence-corrected chi connectivity index (χ3v) is 3.35. The van der Waals surface area contributed by atoms with E-state index >= 15 is 0 Å². The van der Waals surface area contributed by atoms with Gasteiger partial charge in [-0.2, -0.15) is 10.1 Å². The van der Waals surface area contributed by atoms with Gasteiger partial charge >= 0.3 is 0 Å². The predicted molar refractivity (Wildman–Crippen MR) is 92.6 cm³/mol. The number of benzene rings is 1. The minimum atomic E-state index is -0.278. The molecule has 0 radical (unpaired) electrons. The van der Waals surface area contributed by atoms with E-state index in [4.69, 9.17) is 29.0 Å². The highest BCUT2D eigenvalue weighted by molar-refractivity contribution is 6.34. The van der Waals surface area contributed by atoms with Gasteiger partial charge in [0.2, 0.25) is 5.95 Å². The van der Waals surface area contributed by atoms with Gasteiger partial charge in [-0.25, -0.2) is 10.8 Å². The summed E-state index contributed by atoms with van der Waals surface area (Å²) in [4.78, 5) is 19.8. The van der Waals surface area contributed by atoms with E-state index in [2.05, 4.69) is 31.1 Å². The lowest BCUT2D eigenvalue weighted by atomic mass is 10.2. The highest BCUT2D eigenvalue weighted by atomic mass is 35.5. The van der Waals surface area contributed by atoms with Crippen LogP contribution in [0.2, 0.25) is 5.02 Å². The van der Waals surface area contributed by atoms with Crippen molar-refractivity contribution in [1.82, 2.24) is 20.7 Å². The molecule has 0 saturated heterocycles. The molecule has 0 unspecified atom stereocenters. The molecule has 0 atom stereocenters. The summed E-state index contributed by atoms with van der Waals surface area (Å²) in [5, 5.41) is 9.16. The van der Waals surface area contributed by atoms with Gasteiger partial charge in [-0.05, 0) is 18.2 Å². The van der Waals surface area contributed by atoms with Crippen molar-refractivity contribution in [3.8, 4) is 0 Å². The Bertz CT molecular complexity index is 793. The van der Waals surface area contributed by atoms with Crippen LogP contribution in [0.1, 0.15) is 15.9 Å². The van der Waals surface area contributed by atoms with Gasteiger partial charge in [0.25, 0.3) is 5.91 Å². The zero-order valence-corrected chi connectivity index (χ0v) is 13.4. The van der Waals surface area contributed by atoms with E-state index in [-0.39, 0.29) is 28.5 Å². The molecule has 0 fully saturated rings.